The molecule has 0 saturated carbocycles. The summed E-state index contributed by atoms with van der Waals surface area (Å²) in [6.45, 7) is 6.53. The lowest BCUT2D eigenvalue weighted by atomic mass is 10.3. The molecule has 1 saturated heterocycles. The van der Waals surface area contributed by atoms with Gasteiger partial charge in [0.1, 0.15) is 10.5 Å². The van der Waals surface area contributed by atoms with Crippen LogP contribution in [-0.4, -0.2) is 83.6 Å². The molecule has 1 aliphatic rings. The van der Waals surface area contributed by atoms with Gasteiger partial charge in [-0.2, -0.15) is 4.31 Å². The van der Waals surface area contributed by atoms with Gasteiger partial charge in [-0.1, -0.05) is 6.58 Å². The summed E-state index contributed by atoms with van der Waals surface area (Å²) in [5, 5.41) is 0.544. The predicted octanol–water partition coefficient (Wildman–Crippen LogP) is 0.430. The maximum Gasteiger partial charge on any atom is 0.246 e. The van der Waals surface area contributed by atoms with E-state index < -0.39 is 10.0 Å². The van der Waals surface area contributed by atoms with E-state index in [1.165, 1.54) is 21.5 Å². The third kappa shape index (κ3) is 3.78. The number of pyridine rings is 1. The second-order valence-corrected chi connectivity index (χ2v) is 8.30. The number of nitrogens with one attached hydrogen (secondary N) is 1. The van der Waals surface area contributed by atoms with Crippen LogP contribution in [0.2, 0.25) is 0 Å². The third-order valence-corrected chi connectivity index (χ3v) is 6.76. The molecule has 150 valence electrons. The van der Waals surface area contributed by atoms with E-state index in [9.17, 15) is 18.0 Å². The standard InChI is InChI=1S/C18H23N5O4S/c1-3-16(24)21(4-2)13-17(25)22-8-10-23(11-9-22)28(26,27)15-12-20-18-14(15)6-5-7-19-18/h3,5-7,12H,1,4,8-11,13H2,2H3,(H,19,20). The Kier molecular flexibility index (Phi) is 5.80. The van der Waals surface area contributed by atoms with Gasteiger partial charge in [-0.05, 0) is 25.1 Å². The fourth-order valence-electron chi connectivity index (χ4n) is 3.20. The normalized spacial score (nSPS) is 15.5. The van der Waals surface area contributed by atoms with Crippen molar-refractivity contribution in [2.24, 2.45) is 0 Å². The zero-order chi connectivity index (χ0) is 20.3. The van der Waals surface area contributed by atoms with Crippen LogP contribution in [-0.2, 0) is 19.6 Å². The first-order chi connectivity index (χ1) is 13.4. The molecule has 0 bridgehead atoms. The summed E-state index contributed by atoms with van der Waals surface area (Å²) < 4.78 is 27.4. The Hall–Kier alpha value is -2.72. The summed E-state index contributed by atoms with van der Waals surface area (Å²) in [5.41, 5.74) is 0.515. The highest BCUT2D eigenvalue weighted by molar-refractivity contribution is 7.89. The van der Waals surface area contributed by atoms with Crippen LogP contribution in [0.1, 0.15) is 6.92 Å². The lowest BCUT2D eigenvalue weighted by Crippen LogP contribution is -2.52. The van der Waals surface area contributed by atoms with Crippen LogP contribution in [0.25, 0.3) is 11.0 Å². The number of carbonyl (C=O) groups excluding carboxylic acids is 2. The van der Waals surface area contributed by atoms with E-state index in [1.807, 2.05) is 0 Å². The first-order valence-corrected chi connectivity index (χ1v) is 10.4. The van der Waals surface area contributed by atoms with Gasteiger partial charge in [0, 0.05) is 50.5 Å². The maximum absolute atomic E-state index is 13.0. The summed E-state index contributed by atoms with van der Waals surface area (Å²) in [7, 11) is -3.69. The average Bonchev–Trinajstić information content (AvgIpc) is 3.16. The number of nitrogens with zero attached hydrogens (tertiary/aromatic N) is 4. The van der Waals surface area contributed by atoms with E-state index in [0.717, 1.165) is 0 Å². The van der Waals surface area contributed by atoms with E-state index in [2.05, 4.69) is 16.5 Å². The van der Waals surface area contributed by atoms with E-state index in [-0.39, 0.29) is 49.4 Å². The largest absolute Gasteiger partial charge is 0.345 e. The van der Waals surface area contributed by atoms with Crippen molar-refractivity contribution in [3.8, 4) is 0 Å². The zero-order valence-corrected chi connectivity index (χ0v) is 16.5. The Morgan fingerprint density at radius 1 is 1.32 bits per heavy atom. The van der Waals surface area contributed by atoms with E-state index in [4.69, 9.17) is 0 Å². The Balaban J connectivity index is 1.67. The van der Waals surface area contributed by atoms with Crippen LogP contribution in [0.3, 0.4) is 0 Å². The number of carbonyl (C=O) groups is 2. The van der Waals surface area contributed by atoms with Crippen molar-refractivity contribution in [2.75, 3.05) is 39.3 Å². The fraction of sp³-hybridized carbons (Fsp3) is 0.389. The summed E-state index contributed by atoms with van der Waals surface area (Å²) >= 11 is 0. The number of hydrogen-bond donors (Lipinski definition) is 1. The van der Waals surface area contributed by atoms with Crippen LogP contribution < -0.4 is 0 Å². The molecule has 10 heteroatoms. The molecule has 0 unspecified atom stereocenters. The molecule has 0 spiro atoms. The van der Waals surface area contributed by atoms with Gasteiger partial charge < -0.3 is 14.8 Å². The van der Waals surface area contributed by atoms with Crippen molar-refractivity contribution in [3.05, 3.63) is 37.2 Å². The fourth-order valence-corrected chi connectivity index (χ4v) is 4.77. The number of rotatable bonds is 6. The SMILES string of the molecule is C=CC(=O)N(CC)CC(=O)N1CCN(S(=O)(=O)c2c[nH]c3ncccc23)CC1. The number of H-pyrrole nitrogens is 1. The Bertz CT molecular complexity index is 992. The van der Waals surface area contributed by atoms with Crippen molar-refractivity contribution in [3.63, 3.8) is 0 Å². The van der Waals surface area contributed by atoms with Crippen LogP contribution in [0, 0.1) is 0 Å². The number of hydrogen-bond acceptors (Lipinski definition) is 5. The van der Waals surface area contributed by atoms with Gasteiger partial charge in [-0.15, -0.1) is 0 Å². The molecule has 2 aromatic heterocycles. The summed E-state index contributed by atoms with van der Waals surface area (Å²) in [6.07, 6.45) is 4.22. The molecule has 0 aromatic carbocycles. The highest BCUT2D eigenvalue weighted by atomic mass is 32.2. The lowest BCUT2D eigenvalue weighted by Gasteiger charge is -2.34. The van der Waals surface area contributed by atoms with Gasteiger partial charge in [-0.25, -0.2) is 13.4 Å². The molecule has 3 heterocycles. The molecule has 3 rings (SSSR count). The molecule has 0 aliphatic carbocycles. The summed E-state index contributed by atoms with van der Waals surface area (Å²) in [4.78, 5) is 34.4. The first-order valence-electron chi connectivity index (χ1n) is 8.99. The number of likely N-dealkylation sites (N-methyl/N-ethyl adjacent to an activating group) is 1. The number of aromatic amines is 1. The highest BCUT2D eigenvalue weighted by Gasteiger charge is 2.32. The van der Waals surface area contributed by atoms with Gasteiger partial charge >= 0.3 is 0 Å². The van der Waals surface area contributed by atoms with E-state index >= 15 is 0 Å². The summed E-state index contributed by atoms with van der Waals surface area (Å²) in [6, 6.07) is 3.40. The Morgan fingerprint density at radius 2 is 2.04 bits per heavy atom. The Morgan fingerprint density at radius 3 is 2.68 bits per heavy atom. The smallest absolute Gasteiger partial charge is 0.246 e. The van der Waals surface area contributed by atoms with Crippen LogP contribution in [0.4, 0.5) is 0 Å². The van der Waals surface area contributed by atoms with Crippen molar-refractivity contribution in [1.29, 1.82) is 0 Å². The number of sulfonamides is 1. The minimum atomic E-state index is -3.69. The number of fused-ring (bicyclic) bond motifs is 1. The maximum atomic E-state index is 13.0. The first kappa shape index (κ1) is 20.0. The van der Waals surface area contributed by atoms with Gasteiger partial charge in [0.05, 0.1) is 6.54 Å². The molecule has 2 aromatic rings. The molecule has 0 atom stereocenters. The van der Waals surface area contributed by atoms with Gasteiger partial charge in [0.25, 0.3) is 0 Å². The van der Waals surface area contributed by atoms with Crippen molar-refractivity contribution in [1.82, 2.24) is 24.1 Å². The summed E-state index contributed by atoms with van der Waals surface area (Å²) in [5.74, 6) is -0.504. The number of piperazine rings is 1. The minimum absolute atomic E-state index is 0.0395. The van der Waals surface area contributed by atoms with Crippen molar-refractivity contribution >= 4 is 32.9 Å². The monoisotopic (exact) mass is 405 g/mol. The van der Waals surface area contributed by atoms with Crippen LogP contribution in [0.15, 0.2) is 42.1 Å². The molecular formula is C18H23N5O4S. The number of amides is 2. The Labute approximate surface area is 163 Å². The molecule has 1 aliphatic heterocycles. The van der Waals surface area contributed by atoms with Crippen LogP contribution >= 0.6 is 0 Å². The van der Waals surface area contributed by atoms with Crippen molar-refractivity contribution in [2.45, 2.75) is 11.8 Å². The highest BCUT2D eigenvalue weighted by Crippen LogP contribution is 2.25. The third-order valence-electron chi connectivity index (χ3n) is 4.82. The second-order valence-electron chi connectivity index (χ2n) is 6.39. The van der Waals surface area contributed by atoms with Gasteiger partial charge in [0.15, 0.2) is 0 Å². The van der Waals surface area contributed by atoms with Gasteiger partial charge in [-0.3, -0.25) is 9.59 Å². The van der Waals surface area contributed by atoms with Crippen LogP contribution in [0.5, 0.6) is 0 Å². The minimum Gasteiger partial charge on any atom is -0.345 e. The molecule has 0 radical (unpaired) electrons. The number of aromatic nitrogens is 2. The van der Waals surface area contributed by atoms with Crippen molar-refractivity contribution < 1.29 is 18.0 Å². The predicted molar refractivity (Wildman–Crippen MR) is 104 cm³/mol. The average molecular weight is 405 g/mol. The molecule has 2 amide bonds. The molecule has 1 N–H and O–H groups in total. The second kappa shape index (κ2) is 8.11. The van der Waals surface area contributed by atoms with E-state index in [1.54, 1.807) is 30.2 Å². The quantitative estimate of drug-likeness (QED) is 0.702. The lowest BCUT2D eigenvalue weighted by molar-refractivity contribution is -0.138. The molecular weight excluding hydrogens is 382 g/mol. The molecule has 9 nitrogen and oxygen atoms in total. The molecule has 1 fully saturated rings. The topological polar surface area (TPSA) is 107 Å². The van der Waals surface area contributed by atoms with Gasteiger partial charge in [0.2, 0.25) is 21.8 Å². The zero-order valence-electron chi connectivity index (χ0n) is 15.7. The van der Waals surface area contributed by atoms with E-state index in [0.29, 0.717) is 17.6 Å². The molecule has 28 heavy (non-hydrogen) atoms.